The fourth-order valence-corrected chi connectivity index (χ4v) is 5.40. The molecule has 0 spiro atoms. The lowest BCUT2D eigenvalue weighted by molar-refractivity contribution is -0.0440. The molecule has 30 heavy (non-hydrogen) atoms. The number of ether oxygens (including phenoxy) is 2. The van der Waals surface area contributed by atoms with Gasteiger partial charge in [0.15, 0.2) is 0 Å². The molecular weight excluding hydrogens is 428 g/mol. The molecule has 7 nitrogen and oxygen atoms in total. The number of sulfonamides is 1. The van der Waals surface area contributed by atoms with E-state index in [1.807, 2.05) is 20.8 Å². The van der Waals surface area contributed by atoms with E-state index in [0.29, 0.717) is 18.0 Å². The number of halogens is 1. The lowest BCUT2D eigenvalue weighted by Gasteiger charge is -2.34. The number of anilines is 1. The monoisotopic (exact) mass is 452 g/mol. The van der Waals surface area contributed by atoms with Gasteiger partial charge in [-0.3, -0.25) is 4.79 Å². The van der Waals surface area contributed by atoms with Crippen molar-refractivity contribution in [2.75, 3.05) is 25.0 Å². The minimum atomic E-state index is -3.87. The minimum absolute atomic E-state index is 0.0689. The van der Waals surface area contributed by atoms with Gasteiger partial charge >= 0.3 is 0 Å². The molecule has 1 aliphatic heterocycles. The molecule has 1 heterocycles. The zero-order chi connectivity index (χ0) is 21.9. The fourth-order valence-electron chi connectivity index (χ4n) is 3.31. The van der Waals surface area contributed by atoms with Crippen molar-refractivity contribution >= 4 is 33.2 Å². The van der Waals surface area contributed by atoms with Crippen LogP contribution in [0.4, 0.5) is 5.69 Å². The molecule has 2 atom stereocenters. The van der Waals surface area contributed by atoms with Crippen molar-refractivity contribution in [2.45, 2.75) is 37.9 Å². The first-order valence-corrected chi connectivity index (χ1v) is 11.5. The normalized spacial score (nSPS) is 20.0. The zero-order valence-electron chi connectivity index (χ0n) is 17.1. The standard InChI is InChI=1S/C21H25ClN2O5S/c1-4-28-18-8-6-17(7-9-18)23-21(25)16-5-10-19(22)20(11-16)30(26,27)24-12-14(2)29-15(3)13-24/h5-11,14-15H,4,12-13H2,1-3H3,(H,23,25)/t14-,15-/m1/s1. The molecule has 0 radical (unpaired) electrons. The lowest BCUT2D eigenvalue weighted by Crippen LogP contribution is -2.48. The molecule has 0 unspecified atom stereocenters. The average Bonchev–Trinajstić information content (AvgIpc) is 2.69. The van der Waals surface area contributed by atoms with Crippen molar-refractivity contribution in [3.8, 4) is 5.75 Å². The van der Waals surface area contributed by atoms with Gasteiger partial charge in [0.25, 0.3) is 5.91 Å². The first kappa shape index (κ1) is 22.6. The summed E-state index contributed by atoms with van der Waals surface area (Å²) >= 11 is 6.20. The van der Waals surface area contributed by atoms with Crippen LogP contribution in [0.15, 0.2) is 47.4 Å². The zero-order valence-corrected chi connectivity index (χ0v) is 18.7. The smallest absolute Gasteiger partial charge is 0.255 e. The molecule has 1 aliphatic rings. The third-order valence-electron chi connectivity index (χ3n) is 4.62. The van der Waals surface area contributed by atoms with E-state index >= 15 is 0 Å². The predicted molar refractivity (Wildman–Crippen MR) is 116 cm³/mol. The first-order chi connectivity index (χ1) is 14.2. The summed E-state index contributed by atoms with van der Waals surface area (Å²) in [7, 11) is -3.87. The molecule has 1 N–H and O–H groups in total. The van der Waals surface area contributed by atoms with Crippen LogP contribution in [0, 0.1) is 0 Å². The van der Waals surface area contributed by atoms with E-state index in [2.05, 4.69) is 5.32 Å². The molecule has 3 rings (SSSR count). The molecule has 1 saturated heterocycles. The van der Waals surface area contributed by atoms with Crippen LogP contribution in [0.1, 0.15) is 31.1 Å². The van der Waals surface area contributed by atoms with Gasteiger partial charge in [0.2, 0.25) is 10.0 Å². The fraction of sp³-hybridized carbons (Fsp3) is 0.381. The Labute approximate surface area is 182 Å². The molecule has 9 heteroatoms. The Morgan fingerprint density at radius 2 is 1.80 bits per heavy atom. The van der Waals surface area contributed by atoms with Crippen LogP contribution in [-0.4, -0.2) is 50.5 Å². The molecule has 162 valence electrons. The third-order valence-corrected chi connectivity index (χ3v) is 6.93. The molecule has 0 aromatic heterocycles. The van der Waals surface area contributed by atoms with Gasteiger partial charge in [-0.2, -0.15) is 4.31 Å². The highest BCUT2D eigenvalue weighted by molar-refractivity contribution is 7.89. The van der Waals surface area contributed by atoms with Crippen LogP contribution in [0.3, 0.4) is 0 Å². The van der Waals surface area contributed by atoms with Gasteiger partial charge in [-0.05, 0) is 63.2 Å². The van der Waals surface area contributed by atoms with Crippen molar-refractivity contribution in [3.05, 3.63) is 53.1 Å². The maximum Gasteiger partial charge on any atom is 0.255 e. The van der Waals surface area contributed by atoms with Crippen LogP contribution in [0.25, 0.3) is 0 Å². The second-order valence-corrected chi connectivity index (χ2v) is 9.45. The molecule has 2 aromatic carbocycles. The maximum absolute atomic E-state index is 13.2. The number of nitrogens with one attached hydrogen (secondary N) is 1. The quantitative estimate of drug-likeness (QED) is 0.720. The van der Waals surface area contributed by atoms with Gasteiger partial charge in [0.1, 0.15) is 10.6 Å². The third kappa shape index (κ3) is 5.13. The van der Waals surface area contributed by atoms with Gasteiger partial charge in [0.05, 0.1) is 23.8 Å². The number of rotatable bonds is 6. The van der Waals surface area contributed by atoms with Crippen molar-refractivity contribution < 1.29 is 22.7 Å². The topological polar surface area (TPSA) is 84.9 Å². The summed E-state index contributed by atoms with van der Waals surface area (Å²) in [5.41, 5.74) is 0.764. The first-order valence-electron chi connectivity index (χ1n) is 9.70. The highest BCUT2D eigenvalue weighted by Crippen LogP contribution is 2.28. The second-order valence-electron chi connectivity index (χ2n) is 7.14. The summed E-state index contributed by atoms with van der Waals surface area (Å²) in [4.78, 5) is 12.6. The van der Waals surface area contributed by atoms with Crippen molar-refractivity contribution in [1.29, 1.82) is 0 Å². The summed E-state index contributed by atoms with van der Waals surface area (Å²) in [5, 5.41) is 2.82. The number of carbonyl (C=O) groups is 1. The van der Waals surface area contributed by atoms with Crippen LogP contribution in [0.5, 0.6) is 5.75 Å². The largest absolute Gasteiger partial charge is 0.494 e. The summed E-state index contributed by atoms with van der Waals surface area (Å²) in [5.74, 6) is 0.264. The summed E-state index contributed by atoms with van der Waals surface area (Å²) < 4.78 is 38.7. The number of carbonyl (C=O) groups excluding carboxylic acids is 1. The van der Waals surface area contributed by atoms with Crippen molar-refractivity contribution in [2.24, 2.45) is 0 Å². The number of morpholine rings is 1. The van der Waals surface area contributed by atoms with Gasteiger partial charge in [0, 0.05) is 24.3 Å². The summed E-state index contributed by atoms with van der Waals surface area (Å²) in [6.45, 7) is 6.53. The van der Waals surface area contributed by atoms with E-state index in [1.54, 1.807) is 24.3 Å². The van der Waals surface area contributed by atoms with Crippen LogP contribution < -0.4 is 10.1 Å². The summed E-state index contributed by atoms with van der Waals surface area (Å²) in [6.07, 6.45) is -0.457. The second kappa shape index (κ2) is 9.34. The minimum Gasteiger partial charge on any atom is -0.494 e. The van der Waals surface area contributed by atoms with Gasteiger partial charge in [-0.25, -0.2) is 8.42 Å². The Kier molecular flexibility index (Phi) is 7.02. The van der Waals surface area contributed by atoms with E-state index in [0.717, 1.165) is 0 Å². The van der Waals surface area contributed by atoms with E-state index in [-0.39, 0.29) is 40.8 Å². The molecule has 0 saturated carbocycles. The Hall–Kier alpha value is -2.13. The Bertz CT molecular complexity index is 1000. The Morgan fingerprint density at radius 3 is 2.40 bits per heavy atom. The van der Waals surface area contributed by atoms with Crippen LogP contribution in [-0.2, 0) is 14.8 Å². The van der Waals surface area contributed by atoms with Gasteiger partial charge < -0.3 is 14.8 Å². The Morgan fingerprint density at radius 1 is 1.17 bits per heavy atom. The summed E-state index contributed by atoms with van der Waals surface area (Å²) in [6, 6.07) is 11.2. The number of nitrogens with zero attached hydrogens (tertiary/aromatic N) is 1. The average molecular weight is 453 g/mol. The van der Waals surface area contributed by atoms with E-state index in [4.69, 9.17) is 21.1 Å². The molecular formula is C21H25ClN2O5S. The van der Waals surface area contributed by atoms with E-state index < -0.39 is 15.9 Å². The molecule has 0 aliphatic carbocycles. The van der Waals surface area contributed by atoms with Crippen LogP contribution >= 0.6 is 11.6 Å². The molecule has 1 fully saturated rings. The number of amides is 1. The highest BCUT2D eigenvalue weighted by atomic mass is 35.5. The number of benzene rings is 2. The van der Waals surface area contributed by atoms with E-state index in [9.17, 15) is 13.2 Å². The highest BCUT2D eigenvalue weighted by Gasteiger charge is 2.33. The molecule has 2 aromatic rings. The van der Waals surface area contributed by atoms with Gasteiger partial charge in [-0.15, -0.1) is 0 Å². The predicted octanol–water partition coefficient (Wildman–Crippen LogP) is 3.79. The lowest BCUT2D eigenvalue weighted by atomic mass is 10.2. The van der Waals surface area contributed by atoms with Crippen molar-refractivity contribution in [1.82, 2.24) is 4.31 Å². The molecule has 1 amide bonds. The van der Waals surface area contributed by atoms with Crippen molar-refractivity contribution in [3.63, 3.8) is 0 Å². The van der Waals surface area contributed by atoms with Gasteiger partial charge in [-0.1, -0.05) is 11.6 Å². The molecule has 0 bridgehead atoms. The number of hydrogen-bond acceptors (Lipinski definition) is 5. The Balaban J connectivity index is 1.82. The van der Waals surface area contributed by atoms with E-state index in [1.165, 1.54) is 22.5 Å². The maximum atomic E-state index is 13.2. The van der Waals surface area contributed by atoms with Crippen LogP contribution in [0.2, 0.25) is 5.02 Å². The SMILES string of the molecule is CCOc1ccc(NC(=O)c2ccc(Cl)c(S(=O)(=O)N3C[C@@H](C)O[C@H](C)C3)c2)cc1. The number of hydrogen-bond donors (Lipinski definition) is 1.